The van der Waals surface area contributed by atoms with Gasteiger partial charge in [-0.1, -0.05) is 0 Å². The second-order valence-corrected chi connectivity index (χ2v) is 18.8. The molecule has 1 aliphatic rings. The third-order valence-electron chi connectivity index (χ3n) is 4.98. The van der Waals surface area contributed by atoms with Crippen LogP contribution in [0.4, 0.5) is 0 Å². The largest absolute Gasteiger partial charge is 0.416 e. The molecule has 1 saturated heterocycles. The first-order valence-corrected chi connectivity index (χ1v) is 17.9. The first-order valence-electron chi connectivity index (χ1n) is 10.4. The molecule has 0 aromatic rings. The predicted molar refractivity (Wildman–Crippen MR) is 116 cm³/mol. The first-order chi connectivity index (χ1) is 12.8. The number of ether oxygens (including phenoxy) is 3. The smallest absolute Gasteiger partial charge is 0.317 e. The Morgan fingerprint density at radius 2 is 0.741 bits per heavy atom. The molecular weight excluding hydrogens is 396 g/mol. The van der Waals surface area contributed by atoms with E-state index in [4.69, 9.17) is 26.6 Å². The van der Waals surface area contributed by atoms with Gasteiger partial charge >= 0.3 is 25.7 Å². The Morgan fingerprint density at radius 1 is 0.481 bits per heavy atom. The van der Waals surface area contributed by atoms with Gasteiger partial charge in [0.1, 0.15) is 0 Å². The fourth-order valence-corrected chi connectivity index (χ4v) is 21.5. The molecule has 1 aliphatic heterocycles. The summed E-state index contributed by atoms with van der Waals surface area (Å²) in [6.07, 6.45) is 6.47. The van der Waals surface area contributed by atoms with Crippen molar-refractivity contribution in [2.75, 3.05) is 41.2 Å². The van der Waals surface area contributed by atoms with Crippen LogP contribution in [-0.2, 0) is 26.6 Å². The van der Waals surface area contributed by atoms with Crippen LogP contribution in [0.15, 0.2) is 0 Å². The van der Waals surface area contributed by atoms with Crippen LogP contribution >= 0.6 is 0 Å². The summed E-state index contributed by atoms with van der Waals surface area (Å²) in [6, 6.07) is 3.09. The molecule has 1 fully saturated rings. The molecule has 0 aromatic carbocycles. The lowest BCUT2D eigenvalue weighted by molar-refractivity contribution is 0.185. The Labute approximate surface area is 170 Å². The molecule has 27 heavy (non-hydrogen) atoms. The highest BCUT2D eigenvalue weighted by Crippen LogP contribution is 2.38. The molecule has 162 valence electrons. The van der Waals surface area contributed by atoms with E-state index in [2.05, 4.69) is 19.6 Å². The molecule has 1 heterocycles. The van der Waals surface area contributed by atoms with Crippen LogP contribution in [0, 0.1) is 0 Å². The fourth-order valence-electron chi connectivity index (χ4n) is 3.82. The van der Waals surface area contributed by atoms with Gasteiger partial charge in [0.25, 0.3) is 0 Å². The maximum Gasteiger partial charge on any atom is 0.317 e. The Balaban J connectivity index is 2.74. The quantitative estimate of drug-likeness (QED) is 0.276. The van der Waals surface area contributed by atoms with E-state index in [0.29, 0.717) is 0 Å². The zero-order valence-electron chi connectivity index (χ0n) is 18.4. The molecule has 0 N–H and O–H groups in total. The maximum absolute atomic E-state index is 6.71. The standard InChI is InChI=1S/C18H42O6Si3/c1-19-13-7-10-16-25(4)22-26(5,17-11-8-14-20-2)24-27(6,23-25)18-12-9-15-21-3/h7-18H2,1-6H3. The van der Waals surface area contributed by atoms with Crippen molar-refractivity contribution in [3.63, 3.8) is 0 Å². The highest BCUT2D eigenvalue weighted by molar-refractivity contribution is 6.93. The molecule has 0 unspecified atom stereocenters. The third-order valence-corrected chi connectivity index (χ3v) is 19.1. The molecular formula is C18H42O6Si3. The molecule has 0 aromatic heterocycles. The van der Waals surface area contributed by atoms with Crippen LogP contribution in [-0.4, -0.2) is 66.8 Å². The van der Waals surface area contributed by atoms with Crippen LogP contribution in [0.1, 0.15) is 38.5 Å². The van der Waals surface area contributed by atoms with Crippen LogP contribution in [0.3, 0.4) is 0 Å². The topological polar surface area (TPSA) is 55.4 Å². The van der Waals surface area contributed by atoms with E-state index in [1.807, 2.05) is 0 Å². The summed E-state index contributed by atoms with van der Waals surface area (Å²) in [5.41, 5.74) is 0. The van der Waals surface area contributed by atoms with Gasteiger partial charge in [-0.05, 0) is 76.3 Å². The predicted octanol–water partition coefficient (Wildman–Crippen LogP) is 4.55. The average molecular weight is 439 g/mol. The molecule has 0 spiro atoms. The molecule has 0 bridgehead atoms. The summed E-state index contributed by atoms with van der Waals surface area (Å²) in [5.74, 6) is 0. The molecule has 0 aliphatic carbocycles. The second-order valence-electron chi connectivity index (χ2n) is 8.06. The minimum atomic E-state index is -2.21. The fraction of sp³-hybridized carbons (Fsp3) is 1.00. The van der Waals surface area contributed by atoms with Crippen molar-refractivity contribution in [3.8, 4) is 0 Å². The molecule has 0 radical (unpaired) electrons. The van der Waals surface area contributed by atoms with Gasteiger partial charge in [-0.15, -0.1) is 0 Å². The van der Waals surface area contributed by atoms with Crippen molar-refractivity contribution in [2.45, 2.75) is 76.3 Å². The van der Waals surface area contributed by atoms with E-state index in [1.54, 1.807) is 21.3 Å². The zero-order chi connectivity index (χ0) is 20.2. The normalized spacial score (nSPS) is 31.3. The Hall–Kier alpha value is 0.411. The molecule has 6 nitrogen and oxygen atoms in total. The van der Waals surface area contributed by atoms with E-state index in [-0.39, 0.29) is 0 Å². The van der Waals surface area contributed by atoms with Gasteiger partial charge in [-0.2, -0.15) is 0 Å². The van der Waals surface area contributed by atoms with Crippen molar-refractivity contribution < 1.29 is 26.6 Å². The number of methoxy groups -OCH3 is 3. The maximum atomic E-state index is 6.71. The SMILES string of the molecule is COCCCC[Si]1(C)O[Si](C)(CCCCOC)O[Si](C)(CCCCOC)O1. The van der Waals surface area contributed by atoms with Crippen LogP contribution in [0.25, 0.3) is 0 Å². The van der Waals surface area contributed by atoms with Crippen molar-refractivity contribution in [1.82, 2.24) is 0 Å². The van der Waals surface area contributed by atoms with Crippen LogP contribution in [0.5, 0.6) is 0 Å². The Morgan fingerprint density at radius 3 is 0.963 bits per heavy atom. The van der Waals surface area contributed by atoms with E-state index in [1.165, 1.54) is 0 Å². The third kappa shape index (κ3) is 10.1. The Kier molecular flexibility index (Phi) is 12.1. The summed E-state index contributed by atoms with van der Waals surface area (Å²) in [4.78, 5) is 0. The van der Waals surface area contributed by atoms with Crippen molar-refractivity contribution >= 4 is 25.7 Å². The lowest BCUT2D eigenvalue weighted by Crippen LogP contribution is -2.67. The van der Waals surface area contributed by atoms with Crippen molar-refractivity contribution in [2.24, 2.45) is 0 Å². The van der Waals surface area contributed by atoms with E-state index >= 15 is 0 Å². The highest BCUT2D eigenvalue weighted by atomic mass is 28.5. The lowest BCUT2D eigenvalue weighted by atomic mass is 10.4. The minimum Gasteiger partial charge on any atom is -0.416 e. The summed E-state index contributed by atoms with van der Waals surface area (Å²) < 4.78 is 35.7. The molecule has 9 heteroatoms. The lowest BCUT2D eigenvalue weighted by Gasteiger charge is -2.50. The average Bonchev–Trinajstić information content (AvgIpc) is 2.58. The summed E-state index contributed by atoms with van der Waals surface area (Å²) in [7, 11) is -1.37. The molecule has 0 saturated carbocycles. The van der Waals surface area contributed by atoms with Gasteiger partial charge in [0.15, 0.2) is 0 Å². The van der Waals surface area contributed by atoms with E-state index in [9.17, 15) is 0 Å². The minimum absolute atomic E-state index is 0.804. The number of hydrogen-bond donors (Lipinski definition) is 0. The van der Waals surface area contributed by atoms with Crippen LogP contribution < -0.4 is 0 Å². The number of unbranched alkanes of at least 4 members (excludes halogenated alkanes) is 3. The van der Waals surface area contributed by atoms with Crippen molar-refractivity contribution in [1.29, 1.82) is 0 Å². The van der Waals surface area contributed by atoms with E-state index < -0.39 is 25.7 Å². The van der Waals surface area contributed by atoms with Gasteiger partial charge in [-0.3, -0.25) is 0 Å². The van der Waals surface area contributed by atoms with Gasteiger partial charge in [0, 0.05) is 41.2 Å². The van der Waals surface area contributed by atoms with Gasteiger partial charge < -0.3 is 26.6 Å². The molecule has 0 atom stereocenters. The van der Waals surface area contributed by atoms with Gasteiger partial charge in [0.2, 0.25) is 0 Å². The first kappa shape index (κ1) is 25.4. The van der Waals surface area contributed by atoms with Crippen LogP contribution in [0.2, 0.25) is 37.8 Å². The van der Waals surface area contributed by atoms with Gasteiger partial charge in [-0.25, -0.2) is 0 Å². The monoisotopic (exact) mass is 438 g/mol. The number of hydrogen-bond acceptors (Lipinski definition) is 6. The van der Waals surface area contributed by atoms with E-state index in [0.717, 1.165) is 76.5 Å². The number of rotatable bonds is 15. The highest BCUT2D eigenvalue weighted by Gasteiger charge is 2.55. The molecule has 0 amide bonds. The molecule has 1 rings (SSSR count). The second kappa shape index (κ2) is 12.9. The van der Waals surface area contributed by atoms with Gasteiger partial charge in [0.05, 0.1) is 0 Å². The summed E-state index contributed by atoms with van der Waals surface area (Å²) in [5, 5.41) is 0. The van der Waals surface area contributed by atoms with Crippen molar-refractivity contribution in [3.05, 3.63) is 0 Å². The zero-order valence-corrected chi connectivity index (χ0v) is 21.4. The summed E-state index contributed by atoms with van der Waals surface area (Å²) in [6.45, 7) is 9.17. The Bertz CT molecular complexity index is 336. The summed E-state index contributed by atoms with van der Waals surface area (Å²) >= 11 is 0.